The molecular formula is C13H15ClN2S. The largest absolute Gasteiger partial charge is 0.397 e. The van der Waals surface area contributed by atoms with Gasteiger partial charge in [0.2, 0.25) is 0 Å². The van der Waals surface area contributed by atoms with Crippen LogP contribution in [0.4, 0.5) is 11.4 Å². The number of nitrogens with zero attached hydrogens (tertiary/aromatic N) is 1. The highest BCUT2D eigenvalue weighted by atomic mass is 35.5. The fourth-order valence-electron chi connectivity index (χ4n) is 1.72. The van der Waals surface area contributed by atoms with Crippen molar-refractivity contribution in [1.29, 1.82) is 0 Å². The number of nitrogen functional groups attached to an aromatic ring is 1. The lowest BCUT2D eigenvalue weighted by molar-refractivity contribution is 0.889. The molecule has 2 N–H and O–H groups in total. The summed E-state index contributed by atoms with van der Waals surface area (Å²) in [5.74, 6) is 0. The van der Waals surface area contributed by atoms with Crippen molar-refractivity contribution in [2.24, 2.45) is 0 Å². The summed E-state index contributed by atoms with van der Waals surface area (Å²) in [7, 11) is 2.06. The number of para-hydroxylation sites is 2. The lowest BCUT2D eigenvalue weighted by atomic mass is 10.2. The van der Waals surface area contributed by atoms with E-state index in [0.717, 1.165) is 28.7 Å². The zero-order valence-corrected chi connectivity index (χ0v) is 11.3. The van der Waals surface area contributed by atoms with Crippen molar-refractivity contribution in [3.8, 4) is 0 Å². The number of hydrogen-bond acceptors (Lipinski definition) is 3. The minimum atomic E-state index is 0.819. The van der Waals surface area contributed by atoms with E-state index in [1.807, 2.05) is 30.3 Å². The van der Waals surface area contributed by atoms with Gasteiger partial charge in [0.15, 0.2) is 0 Å². The van der Waals surface area contributed by atoms with Crippen LogP contribution < -0.4 is 10.6 Å². The molecule has 0 spiro atoms. The summed E-state index contributed by atoms with van der Waals surface area (Å²) < 4.78 is 0.849. The van der Waals surface area contributed by atoms with E-state index in [-0.39, 0.29) is 0 Å². The summed E-state index contributed by atoms with van der Waals surface area (Å²) in [4.78, 5) is 3.47. The Kier molecular flexibility index (Phi) is 3.92. The van der Waals surface area contributed by atoms with E-state index in [1.165, 1.54) is 4.88 Å². The molecule has 0 unspecified atom stereocenters. The molecule has 17 heavy (non-hydrogen) atoms. The average molecular weight is 267 g/mol. The van der Waals surface area contributed by atoms with E-state index >= 15 is 0 Å². The SMILES string of the molecule is CN(CCc1ccc(Cl)s1)c1ccccc1N. The van der Waals surface area contributed by atoms with Gasteiger partial charge >= 0.3 is 0 Å². The summed E-state index contributed by atoms with van der Waals surface area (Å²) in [5, 5.41) is 0. The van der Waals surface area contributed by atoms with E-state index in [2.05, 4.69) is 18.0 Å². The van der Waals surface area contributed by atoms with Gasteiger partial charge in [-0.15, -0.1) is 11.3 Å². The first-order valence-corrected chi connectivity index (χ1v) is 6.66. The summed E-state index contributed by atoms with van der Waals surface area (Å²) >= 11 is 7.54. The fraction of sp³-hybridized carbons (Fsp3) is 0.231. The van der Waals surface area contributed by atoms with Gasteiger partial charge in [0.25, 0.3) is 0 Å². The normalized spacial score (nSPS) is 10.5. The van der Waals surface area contributed by atoms with Gasteiger partial charge in [-0.3, -0.25) is 0 Å². The van der Waals surface area contributed by atoms with Crippen molar-refractivity contribution in [3.05, 3.63) is 45.6 Å². The van der Waals surface area contributed by atoms with Gasteiger partial charge < -0.3 is 10.6 Å². The lowest BCUT2D eigenvalue weighted by Gasteiger charge is -2.20. The Labute approximate surface area is 111 Å². The molecule has 90 valence electrons. The van der Waals surface area contributed by atoms with Crippen molar-refractivity contribution >= 4 is 34.3 Å². The third-order valence-corrected chi connectivity index (χ3v) is 3.96. The van der Waals surface area contributed by atoms with Gasteiger partial charge in [0, 0.05) is 18.5 Å². The molecule has 4 heteroatoms. The average Bonchev–Trinajstić information content (AvgIpc) is 2.73. The molecule has 2 rings (SSSR count). The number of anilines is 2. The summed E-state index contributed by atoms with van der Waals surface area (Å²) in [6.07, 6.45) is 0.988. The third-order valence-electron chi connectivity index (χ3n) is 2.67. The van der Waals surface area contributed by atoms with Crippen molar-refractivity contribution in [3.63, 3.8) is 0 Å². The smallest absolute Gasteiger partial charge is 0.0931 e. The highest BCUT2D eigenvalue weighted by Crippen LogP contribution is 2.24. The number of rotatable bonds is 4. The maximum atomic E-state index is 5.93. The van der Waals surface area contributed by atoms with Crippen molar-refractivity contribution in [2.45, 2.75) is 6.42 Å². The number of nitrogens with two attached hydrogens (primary N) is 1. The Hall–Kier alpha value is -1.19. The number of halogens is 1. The predicted molar refractivity (Wildman–Crippen MR) is 77.2 cm³/mol. The van der Waals surface area contributed by atoms with Crippen LogP contribution >= 0.6 is 22.9 Å². The molecule has 0 aliphatic carbocycles. The maximum absolute atomic E-state index is 5.93. The summed E-state index contributed by atoms with van der Waals surface area (Å²) in [6.45, 7) is 0.936. The first-order chi connectivity index (χ1) is 8.16. The highest BCUT2D eigenvalue weighted by molar-refractivity contribution is 7.16. The molecule has 0 atom stereocenters. The second kappa shape index (κ2) is 5.43. The Morgan fingerprint density at radius 1 is 1.24 bits per heavy atom. The topological polar surface area (TPSA) is 29.3 Å². The second-order valence-corrected chi connectivity index (χ2v) is 5.74. The van der Waals surface area contributed by atoms with Crippen molar-refractivity contribution < 1.29 is 0 Å². The fourth-order valence-corrected chi connectivity index (χ4v) is 2.80. The van der Waals surface area contributed by atoms with Crippen LogP contribution in [0.3, 0.4) is 0 Å². The number of hydrogen-bond donors (Lipinski definition) is 1. The van der Waals surface area contributed by atoms with E-state index in [4.69, 9.17) is 17.3 Å². The molecule has 0 fully saturated rings. The molecule has 1 aromatic carbocycles. The Bertz CT molecular complexity index is 496. The molecule has 2 nitrogen and oxygen atoms in total. The summed E-state index contributed by atoms with van der Waals surface area (Å²) in [6, 6.07) is 11.9. The Morgan fingerprint density at radius 2 is 2.00 bits per heavy atom. The van der Waals surface area contributed by atoms with Gasteiger partial charge in [-0.1, -0.05) is 23.7 Å². The predicted octanol–water partition coefficient (Wildman–Crippen LogP) is 3.66. The minimum absolute atomic E-state index is 0.819. The first kappa shape index (κ1) is 12.3. The van der Waals surface area contributed by atoms with E-state index in [0.29, 0.717) is 0 Å². The molecule has 0 saturated heterocycles. The molecule has 0 saturated carbocycles. The van der Waals surface area contributed by atoms with Gasteiger partial charge in [-0.25, -0.2) is 0 Å². The molecule has 0 aliphatic rings. The van der Waals surface area contributed by atoms with E-state index in [1.54, 1.807) is 11.3 Å². The Morgan fingerprint density at radius 3 is 2.65 bits per heavy atom. The van der Waals surface area contributed by atoms with Gasteiger partial charge in [-0.05, 0) is 30.7 Å². The minimum Gasteiger partial charge on any atom is -0.397 e. The maximum Gasteiger partial charge on any atom is 0.0931 e. The van der Waals surface area contributed by atoms with Crippen LogP contribution in [-0.2, 0) is 6.42 Å². The number of likely N-dealkylation sites (N-methyl/N-ethyl adjacent to an activating group) is 1. The lowest BCUT2D eigenvalue weighted by Crippen LogP contribution is -2.21. The van der Waals surface area contributed by atoms with Crippen LogP contribution in [-0.4, -0.2) is 13.6 Å². The third kappa shape index (κ3) is 3.14. The molecule has 2 aromatic rings. The van der Waals surface area contributed by atoms with Crippen LogP contribution in [0.25, 0.3) is 0 Å². The number of thiophene rings is 1. The molecule has 0 amide bonds. The molecule has 0 radical (unpaired) electrons. The second-order valence-electron chi connectivity index (χ2n) is 3.94. The molecule has 0 bridgehead atoms. The number of benzene rings is 1. The van der Waals surface area contributed by atoms with Crippen LogP contribution in [0, 0.1) is 0 Å². The van der Waals surface area contributed by atoms with E-state index in [9.17, 15) is 0 Å². The van der Waals surface area contributed by atoms with Gasteiger partial charge in [0.1, 0.15) is 0 Å². The first-order valence-electron chi connectivity index (χ1n) is 5.46. The highest BCUT2D eigenvalue weighted by Gasteiger charge is 2.05. The molecular weight excluding hydrogens is 252 g/mol. The molecule has 1 aromatic heterocycles. The van der Waals surface area contributed by atoms with Gasteiger partial charge in [-0.2, -0.15) is 0 Å². The van der Waals surface area contributed by atoms with Crippen LogP contribution in [0.15, 0.2) is 36.4 Å². The standard InChI is InChI=1S/C13H15ClN2S/c1-16(12-5-3-2-4-11(12)15)9-8-10-6-7-13(14)17-10/h2-7H,8-9,15H2,1H3. The van der Waals surface area contributed by atoms with Crippen LogP contribution in [0.1, 0.15) is 4.88 Å². The molecule has 0 aliphatic heterocycles. The van der Waals surface area contributed by atoms with Crippen LogP contribution in [0.2, 0.25) is 4.34 Å². The Balaban J connectivity index is 1.98. The van der Waals surface area contributed by atoms with Crippen molar-refractivity contribution in [2.75, 3.05) is 24.2 Å². The van der Waals surface area contributed by atoms with E-state index < -0.39 is 0 Å². The summed E-state index contributed by atoms with van der Waals surface area (Å²) in [5.41, 5.74) is 7.83. The van der Waals surface area contributed by atoms with Crippen molar-refractivity contribution in [1.82, 2.24) is 0 Å². The zero-order chi connectivity index (χ0) is 12.3. The zero-order valence-electron chi connectivity index (χ0n) is 9.69. The molecule has 1 heterocycles. The monoisotopic (exact) mass is 266 g/mol. The quantitative estimate of drug-likeness (QED) is 0.856. The van der Waals surface area contributed by atoms with Crippen LogP contribution in [0.5, 0.6) is 0 Å². The van der Waals surface area contributed by atoms with Gasteiger partial charge in [0.05, 0.1) is 15.7 Å².